The normalized spacial score (nSPS) is 18.7. The van der Waals surface area contributed by atoms with E-state index in [9.17, 15) is 9.59 Å². The molecular formula is C24H46N2O4. The van der Waals surface area contributed by atoms with Gasteiger partial charge in [-0.2, -0.15) is 0 Å². The van der Waals surface area contributed by atoms with Crippen molar-refractivity contribution in [3.63, 3.8) is 0 Å². The first-order valence-corrected chi connectivity index (χ1v) is 12.4. The number of hydrogen-bond acceptors (Lipinski definition) is 4. The molecule has 1 heterocycles. The number of carbonyl (C=O) groups is 2. The van der Waals surface area contributed by atoms with Crippen LogP contribution in [0.4, 0.5) is 0 Å². The van der Waals surface area contributed by atoms with Gasteiger partial charge in [0.15, 0.2) is 0 Å². The van der Waals surface area contributed by atoms with Crippen LogP contribution in [-0.2, 0) is 19.1 Å². The average Bonchev–Trinajstić information content (AvgIpc) is 2.74. The Morgan fingerprint density at radius 2 is 1.07 bits per heavy atom. The van der Waals surface area contributed by atoms with Crippen molar-refractivity contribution < 1.29 is 19.1 Å². The van der Waals surface area contributed by atoms with E-state index < -0.39 is 0 Å². The molecule has 0 saturated carbocycles. The molecule has 0 bridgehead atoms. The number of nitrogens with zero attached hydrogens (tertiary/aromatic N) is 2. The lowest BCUT2D eigenvalue weighted by Gasteiger charge is -2.24. The van der Waals surface area contributed by atoms with Crippen LogP contribution in [0.1, 0.15) is 90.9 Å². The van der Waals surface area contributed by atoms with Crippen LogP contribution in [0.25, 0.3) is 0 Å². The summed E-state index contributed by atoms with van der Waals surface area (Å²) < 4.78 is 11.0. The van der Waals surface area contributed by atoms with Gasteiger partial charge in [-0.25, -0.2) is 0 Å². The summed E-state index contributed by atoms with van der Waals surface area (Å²) >= 11 is 0. The molecule has 1 aliphatic rings. The Balaban J connectivity index is 2.49. The van der Waals surface area contributed by atoms with Crippen LogP contribution in [0.5, 0.6) is 0 Å². The van der Waals surface area contributed by atoms with Gasteiger partial charge in [-0.3, -0.25) is 9.59 Å². The Labute approximate surface area is 184 Å². The molecule has 0 N–H and O–H groups in total. The number of unbranched alkanes of at least 4 members (excludes halogenated alkanes) is 6. The highest BCUT2D eigenvalue weighted by Gasteiger charge is 2.15. The summed E-state index contributed by atoms with van der Waals surface area (Å²) in [6.07, 6.45) is 13.6. The minimum Gasteiger partial charge on any atom is -0.369 e. The minimum absolute atomic E-state index is 0.0768. The molecule has 0 aromatic rings. The van der Waals surface area contributed by atoms with Crippen molar-refractivity contribution in [1.29, 1.82) is 0 Å². The van der Waals surface area contributed by atoms with E-state index >= 15 is 0 Å². The fourth-order valence-electron chi connectivity index (χ4n) is 3.76. The lowest BCUT2D eigenvalue weighted by molar-refractivity contribution is -0.140. The monoisotopic (exact) mass is 426 g/mol. The molecule has 0 unspecified atom stereocenters. The van der Waals surface area contributed by atoms with Crippen LogP contribution in [0.3, 0.4) is 0 Å². The summed E-state index contributed by atoms with van der Waals surface area (Å²) in [4.78, 5) is 29.0. The van der Waals surface area contributed by atoms with Gasteiger partial charge >= 0.3 is 0 Å². The zero-order chi connectivity index (χ0) is 21.9. The highest BCUT2D eigenvalue weighted by molar-refractivity contribution is 5.77. The van der Waals surface area contributed by atoms with E-state index in [0.29, 0.717) is 13.2 Å². The fraction of sp³-hybridized carbons (Fsp3) is 0.917. The van der Waals surface area contributed by atoms with E-state index in [2.05, 4.69) is 13.8 Å². The molecule has 0 aromatic carbocycles. The quantitative estimate of drug-likeness (QED) is 0.486. The number of carbonyl (C=O) groups excluding carboxylic acids is 2. The molecule has 0 aliphatic carbocycles. The summed E-state index contributed by atoms with van der Waals surface area (Å²) in [5.41, 5.74) is 0. The summed E-state index contributed by atoms with van der Waals surface area (Å²) in [6.45, 7) is 8.59. The largest absolute Gasteiger partial charge is 0.369 e. The molecule has 6 nitrogen and oxygen atoms in total. The maximum Gasteiger partial charge on any atom is 0.248 e. The average molecular weight is 427 g/mol. The van der Waals surface area contributed by atoms with Crippen molar-refractivity contribution in [2.75, 3.05) is 52.6 Å². The van der Waals surface area contributed by atoms with Crippen molar-refractivity contribution in [3.05, 3.63) is 0 Å². The third kappa shape index (κ3) is 13.2. The molecule has 0 spiro atoms. The van der Waals surface area contributed by atoms with E-state index in [1.807, 2.05) is 9.80 Å². The molecular weight excluding hydrogens is 380 g/mol. The SMILES string of the molecule is CCCCCCN1CCCCCCN(CCCCCC)C(=O)COCCOCC1=O. The molecule has 0 aromatic heterocycles. The van der Waals surface area contributed by atoms with Gasteiger partial charge in [0.1, 0.15) is 13.2 Å². The van der Waals surface area contributed by atoms with E-state index in [1.54, 1.807) is 0 Å². The van der Waals surface area contributed by atoms with Crippen LogP contribution >= 0.6 is 0 Å². The summed E-state index contributed by atoms with van der Waals surface area (Å²) in [5.74, 6) is 0.154. The van der Waals surface area contributed by atoms with Gasteiger partial charge in [-0.05, 0) is 25.7 Å². The molecule has 6 heteroatoms. The van der Waals surface area contributed by atoms with Crippen molar-refractivity contribution in [1.82, 2.24) is 9.80 Å². The van der Waals surface area contributed by atoms with Crippen molar-refractivity contribution in [3.8, 4) is 0 Å². The Bertz CT molecular complexity index is 405. The molecule has 1 fully saturated rings. The molecule has 1 saturated heterocycles. The smallest absolute Gasteiger partial charge is 0.248 e. The summed E-state index contributed by atoms with van der Waals surface area (Å²) in [5, 5.41) is 0. The standard InChI is InChI=1S/C24H46N2O4/c1-3-5-7-11-15-25-17-13-9-10-14-18-26(16-12-8-6-4-2)24(28)22-30-20-19-29-21-23(25)27/h3-22H2,1-2H3. The lowest BCUT2D eigenvalue weighted by Crippen LogP contribution is -2.37. The Hall–Kier alpha value is -1.14. The number of hydrogen-bond donors (Lipinski definition) is 0. The number of amides is 2. The van der Waals surface area contributed by atoms with Gasteiger partial charge in [0.25, 0.3) is 0 Å². The predicted octanol–water partition coefficient (Wildman–Crippen LogP) is 4.41. The molecule has 30 heavy (non-hydrogen) atoms. The van der Waals surface area contributed by atoms with Gasteiger partial charge < -0.3 is 19.3 Å². The molecule has 0 radical (unpaired) electrons. The first-order valence-electron chi connectivity index (χ1n) is 12.4. The number of ether oxygens (including phenoxy) is 2. The van der Waals surface area contributed by atoms with Gasteiger partial charge in [-0.1, -0.05) is 65.2 Å². The van der Waals surface area contributed by atoms with Crippen LogP contribution in [0.2, 0.25) is 0 Å². The van der Waals surface area contributed by atoms with Crippen LogP contribution in [0, 0.1) is 0 Å². The highest BCUT2D eigenvalue weighted by atomic mass is 16.5. The lowest BCUT2D eigenvalue weighted by atomic mass is 10.1. The Kier molecular flexibility index (Phi) is 16.7. The van der Waals surface area contributed by atoms with Crippen LogP contribution < -0.4 is 0 Å². The van der Waals surface area contributed by atoms with Gasteiger partial charge in [-0.15, -0.1) is 0 Å². The second-order valence-electron chi connectivity index (χ2n) is 8.40. The van der Waals surface area contributed by atoms with Crippen LogP contribution in [-0.4, -0.2) is 74.2 Å². The summed E-state index contributed by atoms with van der Waals surface area (Å²) in [7, 11) is 0. The zero-order valence-corrected chi connectivity index (χ0v) is 19.7. The van der Waals surface area contributed by atoms with E-state index in [1.165, 1.54) is 38.5 Å². The van der Waals surface area contributed by atoms with Gasteiger partial charge in [0.05, 0.1) is 13.2 Å². The van der Waals surface area contributed by atoms with Gasteiger partial charge in [0, 0.05) is 26.2 Å². The van der Waals surface area contributed by atoms with Gasteiger partial charge in [0.2, 0.25) is 11.8 Å². The second-order valence-corrected chi connectivity index (χ2v) is 8.40. The molecule has 2 amide bonds. The fourth-order valence-corrected chi connectivity index (χ4v) is 3.76. The first-order chi connectivity index (χ1) is 14.7. The Morgan fingerprint density at radius 3 is 1.47 bits per heavy atom. The Morgan fingerprint density at radius 1 is 0.633 bits per heavy atom. The maximum absolute atomic E-state index is 12.5. The highest BCUT2D eigenvalue weighted by Crippen LogP contribution is 2.09. The molecule has 1 rings (SSSR count). The molecule has 0 atom stereocenters. The topological polar surface area (TPSA) is 59.1 Å². The van der Waals surface area contributed by atoms with E-state index in [0.717, 1.165) is 64.7 Å². The van der Waals surface area contributed by atoms with E-state index in [-0.39, 0.29) is 25.0 Å². The van der Waals surface area contributed by atoms with Crippen molar-refractivity contribution >= 4 is 11.8 Å². The van der Waals surface area contributed by atoms with Crippen molar-refractivity contribution in [2.45, 2.75) is 90.9 Å². The molecule has 1 aliphatic heterocycles. The van der Waals surface area contributed by atoms with E-state index in [4.69, 9.17) is 9.47 Å². The number of rotatable bonds is 10. The maximum atomic E-state index is 12.5. The first kappa shape index (κ1) is 26.9. The molecule has 176 valence electrons. The third-order valence-electron chi connectivity index (χ3n) is 5.70. The minimum atomic E-state index is 0.0768. The van der Waals surface area contributed by atoms with Crippen molar-refractivity contribution in [2.24, 2.45) is 0 Å². The second kappa shape index (κ2) is 18.6. The zero-order valence-electron chi connectivity index (χ0n) is 19.7. The third-order valence-corrected chi connectivity index (χ3v) is 5.70. The summed E-state index contributed by atoms with van der Waals surface area (Å²) in [6, 6.07) is 0. The van der Waals surface area contributed by atoms with Crippen LogP contribution in [0.15, 0.2) is 0 Å². The predicted molar refractivity (Wildman–Crippen MR) is 122 cm³/mol.